The van der Waals surface area contributed by atoms with Gasteiger partial charge in [-0.3, -0.25) is 4.79 Å². The van der Waals surface area contributed by atoms with Gasteiger partial charge in [0.15, 0.2) is 0 Å². The number of carbonyl (C=O) groups is 2. The number of benzene rings is 1. The van der Waals surface area contributed by atoms with Gasteiger partial charge in [0.25, 0.3) is 0 Å². The lowest BCUT2D eigenvalue weighted by Gasteiger charge is -2.32. The number of halogens is 1. The largest absolute Gasteiger partial charge is 0.370 e. The van der Waals surface area contributed by atoms with E-state index in [1.54, 1.807) is 11.0 Å². The van der Waals surface area contributed by atoms with Crippen LogP contribution in [0.4, 0.5) is 10.5 Å². The summed E-state index contributed by atoms with van der Waals surface area (Å²) in [5, 5.41) is 3.39. The van der Waals surface area contributed by atoms with Crippen molar-refractivity contribution >= 4 is 29.2 Å². The number of carbonyl (C=O) groups excluding carboxylic acids is 2. The molecule has 6 heteroatoms. The summed E-state index contributed by atoms with van der Waals surface area (Å²) in [5.41, 5.74) is 6.76. The van der Waals surface area contributed by atoms with Crippen molar-refractivity contribution in [2.45, 2.75) is 26.2 Å². The fourth-order valence-electron chi connectivity index (χ4n) is 2.64. The van der Waals surface area contributed by atoms with Crippen LogP contribution in [0.1, 0.15) is 24.8 Å². The molecular formula is C15H20ClN3O2. The summed E-state index contributed by atoms with van der Waals surface area (Å²) in [6.45, 7) is 3.13. The predicted molar refractivity (Wildman–Crippen MR) is 83.3 cm³/mol. The minimum atomic E-state index is -0.316. The highest BCUT2D eigenvalue weighted by atomic mass is 35.5. The second-order valence-electron chi connectivity index (χ2n) is 5.49. The van der Waals surface area contributed by atoms with Crippen molar-refractivity contribution in [3.05, 3.63) is 28.8 Å². The highest BCUT2D eigenvalue weighted by Gasteiger charge is 2.25. The summed E-state index contributed by atoms with van der Waals surface area (Å²) in [5.74, 6) is -0.168. The molecule has 1 unspecified atom stereocenters. The van der Waals surface area contributed by atoms with Gasteiger partial charge in [-0.2, -0.15) is 0 Å². The fourth-order valence-corrected chi connectivity index (χ4v) is 2.81. The lowest BCUT2D eigenvalue weighted by Crippen LogP contribution is -2.43. The molecule has 1 aliphatic rings. The maximum Gasteiger partial charge on any atom is 0.321 e. The average Bonchev–Trinajstić information content (AvgIpc) is 2.43. The topological polar surface area (TPSA) is 75.4 Å². The van der Waals surface area contributed by atoms with Crippen LogP contribution in [-0.2, 0) is 4.79 Å². The number of nitrogens with one attached hydrogen (secondary N) is 1. The van der Waals surface area contributed by atoms with Crippen molar-refractivity contribution in [3.63, 3.8) is 0 Å². The van der Waals surface area contributed by atoms with E-state index in [2.05, 4.69) is 5.32 Å². The van der Waals surface area contributed by atoms with Crippen LogP contribution in [0.25, 0.3) is 0 Å². The van der Waals surface area contributed by atoms with Crippen LogP contribution >= 0.6 is 11.6 Å². The maximum atomic E-state index is 12.3. The molecule has 2 rings (SSSR count). The van der Waals surface area contributed by atoms with Gasteiger partial charge in [-0.05, 0) is 37.3 Å². The normalized spacial score (nSPS) is 18.4. The SMILES string of the molecule is Cc1cccc(NC(=O)N2CCCC(CC(N)=O)C2)c1Cl. The van der Waals surface area contributed by atoms with Crippen LogP contribution in [0.15, 0.2) is 18.2 Å². The van der Waals surface area contributed by atoms with E-state index >= 15 is 0 Å². The molecule has 3 N–H and O–H groups in total. The Morgan fingerprint density at radius 3 is 2.95 bits per heavy atom. The molecule has 21 heavy (non-hydrogen) atoms. The number of urea groups is 1. The molecule has 0 saturated carbocycles. The molecule has 1 heterocycles. The smallest absolute Gasteiger partial charge is 0.321 e. The number of nitrogens with zero attached hydrogens (tertiary/aromatic N) is 1. The van der Waals surface area contributed by atoms with E-state index in [1.807, 2.05) is 19.1 Å². The number of amides is 3. The van der Waals surface area contributed by atoms with Gasteiger partial charge in [0, 0.05) is 19.5 Å². The minimum Gasteiger partial charge on any atom is -0.370 e. The third-order valence-corrected chi connectivity index (χ3v) is 4.23. The summed E-state index contributed by atoms with van der Waals surface area (Å²) < 4.78 is 0. The van der Waals surface area contributed by atoms with Gasteiger partial charge in [0.05, 0.1) is 10.7 Å². The van der Waals surface area contributed by atoms with Crippen molar-refractivity contribution in [1.29, 1.82) is 0 Å². The monoisotopic (exact) mass is 309 g/mol. The van der Waals surface area contributed by atoms with Crippen molar-refractivity contribution in [1.82, 2.24) is 4.90 Å². The lowest BCUT2D eigenvalue weighted by atomic mass is 9.95. The van der Waals surface area contributed by atoms with E-state index in [-0.39, 0.29) is 17.9 Å². The molecule has 1 aromatic carbocycles. The molecule has 0 radical (unpaired) electrons. The number of hydrogen-bond donors (Lipinski definition) is 2. The van der Waals surface area contributed by atoms with E-state index in [0.717, 1.165) is 18.4 Å². The lowest BCUT2D eigenvalue weighted by molar-refractivity contribution is -0.119. The molecule has 3 amide bonds. The van der Waals surface area contributed by atoms with E-state index in [9.17, 15) is 9.59 Å². The second-order valence-corrected chi connectivity index (χ2v) is 5.87. The van der Waals surface area contributed by atoms with Gasteiger partial charge in [-0.15, -0.1) is 0 Å². The van der Waals surface area contributed by atoms with E-state index in [0.29, 0.717) is 30.2 Å². The van der Waals surface area contributed by atoms with Crippen LogP contribution in [0.5, 0.6) is 0 Å². The van der Waals surface area contributed by atoms with Gasteiger partial charge in [0.2, 0.25) is 5.91 Å². The first-order valence-corrected chi connectivity index (χ1v) is 7.44. The Morgan fingerprint density at radius 1 is 1.48 bits per heavy atom. The van der Waals surface area contributed by atoms with Crippen LogP contribution < -0.4 is 11.1 Å². The number of likely N-dealkylation sites (tertiary alicyclic amines) is 1. The number of nitrogens with two attached hydrogens (primary N) is 1. The van der Waals surface area contributed by atoms with Gasteiger partial charge >= 0.3 is 6.03 Å². The average molecular weight is 310 g/mol. The highest BCUT2D eigenvalue weighted by Crippen LogP contribution is 2.26. The zero-order valence-corrected chi connectivity index (χ0v) is 12.8. The molecule has 0 aliphatic carbocycles. The van der Waals surface area contributed by atoms with Crippen molar-refractivity contribution < 1.29 is 9.59 Å². The Morgan fingerprint density at radius 2 is 2.24 bits per heavy atom. The Hall–Kier alpha value is -1.75. The van der Waals surface area contributed by atoms with Gasteiger partial charge in [0.1, 0.15) is 0 Å². The van der Waals surface area contributed by atoms with Gasteiger partial charge < -0.3 is 16.0 Å². The Bertz CT molecular complexity index is 548. The summed E-state index contributed by atoms with van der Waals surface area (Å²) in [7, 11) is 0. The van der Waals surface area contributed by atoms with Crippen LogP contribution in [0.3, 0.4) is 0 Å². The zero-order chi connectivity index (χ0) is 15.4. The molecule has 1 fully saturated rings. The molecule has 1 saturated heterocycles. The highest BCUT2D eigenvalue weighted by molar-refractivity contribution is 6.34. The van der Waals surface area contributed by atoms with Crippen LogP contribution in [0, 0.1) is 12.8 Å². The van der Waals surface area contributed by atoms with E-state index < -0.39 is 0 Å². The Labute approximate surface area is 129 Å². The number of primary amides is 1. The van der Waals surface area contributed by atoms with E-state index in [4.69, 9.17) is 17.3 Å². The number of hydrogen-bond acceptors (Lipinski definition) is 2. The summed E-state index contributed by atoms with van der Waals surface area (Å²) in [4.78, 5) is 25.0. The number of aryl methyl sites for hydroxylation is 1. The van der Waals surface area contributed by atoms with Gasteiger partial charge in [-0.25, -0.2) is 4.79 Å². The number of rotatable bonds is 3. The first-order chi connectivity index (χ1) is 9.97. The Kier molecular flexibility index (Phi) is 5.07. The first-order valence-electron chi connectivity index (χ1n) is 7.06. The van der Waals surface area contributed by atoms with E-state index in [1.165, 1.54) is 0 Å². The molecule has 1 aromatic rings. The van der Waals surface area contributed by atoms with Crippen LogP contribution in [0.2, 0.25) is 5.02 Å². The standard InChI is InChI=1S/C15H20ClN3O2/c1-10-4-2-6-12(14(10)16)18-15(21)19-7-3-5-11(9-19)8-13(17)20/h2,4,6,11H,3,5,7-9H2,1H3,(H2,17,20)(H,18,21). The molecule has 0 aromatic heterocycles. The third kappa shape index (κ3) is 4.11. The molecular weight excluding hydrogens is 290 g/mol. The number of anilines is 1. The first kappa shape index (κ1) is 15.6. The molecule has 1 aliphatic heterocycles. The summed E-state index contributed by atoms with van der Waals surface area (Å²) in [6.07, 6.45) is 2.14. The Balaban J connectivity index is 1.99. The molecule has 0 spiro atoms. The molecule has 5 nitrogen and oxygen atoms in total. The molecule has 0 bridgehead atoms. The predicted octanol–water partition coefficient (Wildman–Crippen LogP) is 2.77. The summed E-state index contributed by atoms with van der Waals surface area (Å²) >= 11 is 6.18. The van der Waals surface area contributed by atoms with Crippen molar-refractivity contribution in [3.8, 4) is 0 Å². The van der Waals surface area contributed by atoms with Crippen molar-refractivity contribution in [2.75, 3.05) is 18.4 Å². The second kappa shape index (κ2) is 6.80. The third-order valence-electron chi connectivity index (χ3n) is 3.73. The quantitative estimate of drug-likeness (QED) is 0.901. The minimum absolute atomic E-state index is 0.148. The van der Waals surface area contributed by atoms with Gasteiger partial charge in [-0.1, -0.05) is 23.7 Å². The molecule has 114 valence electrons. The van der Waals surface area contributed by atoms with Crippen molar-refractivity contribution in [2.24, 2.45) is 11.7 Å². The number of piperidine rings is 1. The maximum absolute atomic E-state index is 12.3. The fraction of sp³-hybridized carbons (Fsp3) is 0.467. The molecule has 1 atom stereocenters. The summed E-state index contributed by atoms with van der Waals surface area (Å²) in [6, 6.07) is 5.33. The zero-order valence-electron chi connectivity index (χ0n) is 12.1. The van der Waals surface area contributed by atoms with Crippen LogP contribution in [-0.4, -0.2) is 29.9 Å².